The maximum absolute atomic E-state index is 13.3. The molecular formula is C26H21F3N4O4. The molecule has 1 amide bonds. The summed E-state index contributed by atoms with van der Waals surface area (Å²) in [6.07, 6.45) is -4.34. The number of aromatic nitrogens is 2. The molecule has 4 rings (SSSR count). The number of ether oxygens (including phenoxy) is 1. The van der Waals surface area contributed by atoms with Gasteiger partial charge in [0.2, 0.25) is 11.8 Å². The number of aliphatic imine (C=N–C) groups is 1. The van der Waals surface area contributed by atoms with Gasteiger partial charge in [-0.25, -0.2) is 9.79 Å². The summed E-state index contributed by atoms with van der Waals surface area (Å²) in [5.41, 5.74) is 0.193. The number of nitrogens with zero attached hydrogens (tertiary/aromatic N) is 4. The summed E-state index contributed by atoms with van der Waals surface area (Å²) in [5.74, 6) is -0.952. The van der Waals surface area contributed by atoms with Crippen molar-refractivity contribution in [2.24, 2.45) is 4.99 Å². The molecule has 0 aliphatic heterocycles. The average molecular weight is 510 g/mol. The third-order valence-electron chi connectivity index (χ3n) is 5.64. The van der Waals surface area contributed by atoms with E-state index in [4.69, 9.17) is 4.74 Å². The number of hydrogen-bond acceptors (Lipinski definition) is 6. The largest absolute Gasteiger partial charge is 0.494 e. The summed E-state index contributed by atoms with van der Waals surface area (Å²) >= 11 is 0. The highest BCUT2D eigenvalue weighted by molar-refractivity contribution is 6.23. The first kappa shape index (κ1) is 25.4. The fourth-order valence-electron chi connectivity index (χ4n) is 3.90. The lowest BCUT2D eigenvalue weighted by Crippen LogP contribution is -2.25. The van der Waals surface area contributed by atoms with Crippen molar-refractivity contribution in [2.75, 3.05) is 19.1 Å². The number of methoxy groups -OCH3 is 1. The van der Waals surface area contributed by atoms with Gasteiger partial charge in [-0.2, -0.15) is 13.2 Å². The number of rotatable bonds is 4. The predicted octanol–water partition coefficient (Wildman–Crippen LogP) is 5.79. The Kier molecular flexibility index (Phi) is 6.71. The fourth-order valence-corrected chi connectivity index (χ4v) is 3.90. The summed E-state index contributed by atoms with van der Waals surface area (Å²) in [7, 11) is 2.71. The number of aromatic hydroxyl groups is 1. The van der Waals surface area contributed by atoms with Crippen molar-refractivity contribution in [3.05, 3.63) is 83.7 Å². The molecule has 0 saturated heterocycles. The molecule has 190 valence electrons. The van der Waals surface area contributed by atoms with E-state index in [0.717, 1.165) is 16.8 Å². The Bertz CT molecular complexity index is 1530. The zero-order valence-corrected chi connectivity index (χ0v) is 19.9. The van der Waals surface area contributed by atoms with Gasteiger partial charge in [0.25, 0.3) is 0 Å². The molecule has 0 radical (unpaired) electrons. The number of hydrogen-bond donors (Lipinski definition) is 1. The highest BCUT2D eigenvalue weighted by Crippen LogP contribution is 2.37. The van der Waals surface area contributed by atoms with Crippen molar-refractivity contribution in [2.45, 2.75) is 13.1 Å². The molecular weight excluding hydrogens is 489 g/mol. The van der Waals surface area contributed by atoms with Crippen LogP contribution in [0.1, 0.15) is 28.5 Å². The summed E-state index contributed by atoms with van der Waals surface area (Å²) in [4.78, 5) is 33.6. The summed E-state index contributed by atoms with van der Waals surface area (Å²) in [5, 5.41) is 11.6. The second-order valence-electron chi connectivity index (χ2n) is 8.01. The lowest BCUT2D eigenvalue weighted by atomic mass is 10.0. The van der Waals surface area contributed by atoms with Crippen LogP contribution in [0, 0.1) is 0 Å². The van der Waals surface area contributed by atoms with Crippen LogP contribution >= 0.6 is 0 Å². The van der Waals surface area contributed by atoms with E-state index in [2.05, 4.69) is 9.98 Å². The van der Waals surface area contributed by atoms with E-state index in [-0.39, 0.29) is 17.0 Å². The molecule has 0 fully saturated rings. The lowest BCUT2D eigenvalue weighted by Gasteiger charge is -2.16. The van der Waals surface area contributed by atoms with Crippen LogP contribution in [-0.4, -0.2) is 46.5 Å². The molecule has 0 aliphatic rings. The number of amides is 1. The number of carbonyl (C=O) groups is 2. The number of benzene rings is 2. The second kappa shape index (κ2) is 9.76. The van der Waals surface area contributed by atoms with Gasteiger partial charge >= 0.3 is 12.3 Å². The summed E-state index contributed by atoms with van der Waals surface area (Å²) in [6.45, 7) is 1.26. The van der Waals surface area contributed by atoms with E-state index in [1.165, 1.54) is 32.0 Å². The minimum Gasteiger partial charge on any atom is -0.494 e. The van der Waals surface area contributed by atoms with E-state index in [9.17, 15) is 27.9 Å². The van der Waals surface area contributed by atoms with Gasteiger partial charge in [0, 0.05) is 36.8 Å². The maximum Gasteiger partial charge on any atom is 0.433 e. The van der Waals surface area contributed by atoms with Crippen molar-refractivity contribution < 1.29 is 32.6 Å². The number of fused-ring (bicyclic) bond motifs is 1. The summed E-state index contributed by atoms with van der Waals surface area (Å²) < 4.78 is 45.7. The second-order valence-corrected chi connectivity index (χ2v) is 8.01. The van der Waals surface area contributed by atoms with E-state index >= 15 is 0 Å². The highest BCUT2D eigenvalue weighted by Gasteiger charge is 2.32. The fraction of sp³-hybridized carbons (Fsp3) is 0.154. The quantitative estimate of drug-likeness (QED) is 0.351. The topological polar surface area (TPSA) is 97.0 Å². The van der Waals surface area contributed by atoms with Gasteiger partial charge in [-0.1, -0.05) is 30.3 Å². The van der Waals surface area contributed by atoms with Crippen LogP contribution in [0.25, 0.3) is 10.9 Å². The zero-order chi connectivity index (χ0) is 26.9. The molecule has 2 aromatic carbocycles. The molecule has 2 heterocycles. The van der Waals surface area contributed by atoms with Gasteiger partial charge in [-0.3, -0.25) is 19.2 Å². The third kappa shape index (κ3) is 4.88. The van der Waals surface area contributed by atoms with Gasteiger partial charge in [0.1, 0.15) is 5.69 Å². The first-order chi connectivity index (χ1) is 17.5. The van der Waals surface area contributed by atoms with Crippen molar-refractivity contribution >= 4 is 40.0 Å². The van der Waals surface area contributed by atoms with Crippen LogP contribution in [0.5, 0.6) is 5.88 Å². The highest BCUT2D eigenvalue weighted by atomic mass is 19.4. The first-order valence-electron chi connectivity index (χ1n) is 10.9. The van der Waals surface area contributed by atoms with Gasteiger partial charge in [0.05, 0.1) is 29.6 Å². The van der Waals surface area contributed by atoms with Crippen LogP contribution in [-0.2, 0) is 10.9 Å². The van der Waals surface area contributed by atoms with E-state index in [1.807, 2.05) is 0 Å². The third-order valence-corrected chi connectivity index (χ3v) is 5.64. The molecule has 0 aliphatic carbocycles. The monoisotopic (exact) mass is 510 g/mol. The molecule has 11 heteroatoms. The SMILES string of the molecule is COC(=O)N(C)c1ccc2c(c1)c(C(=Nc1ccnc(C(F)(F)F)c1)c1ccccc1)c(O)n2C(C)=O. The summed E-state index contributed by atoms with van der Waals surface area (Å²) in [6, 6.07) is 15.3. The standard InChI is InChI=1S/C26H21F3N4O4/c1-15(34)33-20-10-9-18(32(2)25(36)37-3)14-19(20)22(24(33)35)23(16-7-5-4-6-8-16)31-17-11-12-30-21(13-17)26(27,28)29/h4-14,35H,1-3H3. The van der Waals surface area contributed by atoms with Crippen molar-refractivity contribution in [1.82, 2.24) is 9.55 Å². The van der Waals surface area contributed by atoms with Gasteiger partial charge in [-0.15, -0.1) is 0 Å². The van der Waals surface area contributed by atoms with Crippen molar-refractivity contribution in [3.63, 3.8) is 0 Å². The molecule has 0 spiro atoms. The molecule has 0 unspecified atom stereocenters. The van der Waals surface area contributed by atoms with Gasteiger partial charge < -0.3 is 9.84 Å². The minimum absolute atomic E-state index is 0.0628. The Labute approximate surface area is 209 Å². The Morgan fingerprint density at radius 2 is 1.78 bits per heavy atom. The van der Waals surface area contributed by atoms with Gasteiger partial charge in [-0.05, 0) is 30.3 Å². The Morgan fingerprint density at radius 3 is 2.41 bits per heavy atom. The molecule has 8 nitrogen and oxygen atoms in total. The lowest BCUT2D eigenvalue weighted by molar-refractivity contribution is -0.141. The smallest absolute Gasteiger partial charge is 0.433 e. The normalized spacial score (nSPS) is 12.0. The Hall–Kier alpha value is -4.67. The Morgan fingerprint density at radius 1 is 1.08 bits per heavy atom. The molecule has 0 bridgehead atoms. The molecule has 0 atom stereocenters. The van der Waals surface area contributed by atoms with Crippen molar-refractivity contribution in [3.8, 4) is 5.88 Å². The number of alkyl halides is 3. The number of pyridine rings is 1. The first-order valence-corrected chi connectivity index (χ1v) is 10.9. The number of anilines is 1. The average Bonchev–Trinajstić information content (AvgIpc) is 3.17. The molecule has 37 heavy (non-hydrogen) atoms. The Balaban J connectivity index is 2.05. The predicted molar refractivity (Wildman–Crippen MR) is 132 cm³/mol. The van der Waals surface area contributed by atoms with Crippen LogP contribution in [0.4, 0.5) is 29.3 Å². The van der Waals surface area contributed by atoms with E-state index in [1.54, 1.807) is 48.5 Å². The molecule has 0 saturated carbocycles. The number of halogens is 3. The van der Waals surface area contributed by atoms with Crippen LogP contribution in [0.2, 0.25) is 0 Å². The molecule has 1 N–H and O–H groups in total. The van der Waals surface area contributed by atoms with Crippen LogP contribution < -0.4 is 4.90 Å². The van der Waals surface area contributed by atoms with E-state index in [0.29, 0.717) is 22.2 Å². The van der Waals surface area contributed by atoms with E-state index < -0.39 is 29.8 Å². The van der Waals surface area contributed by atoms with Crippen LogP contribution in [0.3, 0.4) is 0 Å². The molecule has 4 aromatic rings. The minimum atomic E-state index is -4.68. The zero-order valence-electron chi connectivity index (χ0n) is 19.9. The van der Waals surface area contributed by atoms with Gasteiger partial charge in [0.15, 0.2) is 0 Å². The molecule has 2 aromatic heterocycles. The maximum atomic E-state index is 13.3. The van der Waals surface area contributed by atoms with Crippen molar-refractivity contribution in [1.29, 1.82) is 0 Å². The number of carbonyl (C=O) groups excluding carboxylic acids is 2. The van der Waals surface area contributed by atoms with Crippen LogP contribution in [0.15, 0.2) is 71.9 Å².